The van der Waals surface area contributed by atoms with Crippen molar-refractivity contribution in [3.63, 3.8) is 0 Å². The summed E-state index contributed by atoms with van der Waals surface area (Å²) < 4.78 is 0. The van der Waals surface area contributed by atoms with Gasteiger partial charge in [0, 0.05) is 38.8 Å². The Morgan fingerprint density at radius 1 is 1.25 bits per heavy atom. The molecule has 1 fully saturated rings. The van der Waals surface area contributed by atoms with E-state index in [0.29, 0.717) is 10.2 Å². The van der Waals surface area contributed by atoms with Crippen LogP contribution in [0, 0.1) is 0 Å². The van der Waals surface area contributed by atoms with Crippen LogP contribution in [0.1, 0.15) is 19.0 Å². The van der Waals surface area contributed by atoms with Gasteiger partial charge in [0.2, 0.25) is 0 Å². The zero-order valence-corrected chi connectivity index (χ0v) is 13.2. The Morgan fingerprint density at radius 3 is 2.55 bits per heavy atom. The van der Waals surface area contributed by atoms with E-state index in [1.807, 2.05) is 0 Å². The Kier molecular flexibility index (Phi) is 6.05. The van der Waals surface area contributed by atoms with Crippen LogP contribution in [0.4, 0.5) is 0 Å². The van der Waals surface area contributed by atoms with Crippen LogP contribution < -0.4 is 0 Å². The Morgan fingerprint density at radius 2 is 1.95 bits per heavy atom. The highest BCUT2D eigenvalue weighted by Gasteiger charge is 2.22. The van der Waals surface area contributed by atoms with Gasteiger partial charge < -0.3 is 5.11 Å². The van der Waals surface area contributed by atoms with Gasteiger partial charge >= 0.3 is 0 Å². The average Bonchev–Trinajstić information content (AvgIpc) is 2.46. The van der Waals surface area contributed by atoms with Crippen LogP contribution in [0.25, 0.3) is 0 Å². The van der Waals surface area contributed by atoms with E-state index in [-0.39, 0.29) is 12.6 Å². The number of aromatic nitrogens is 1. The molecule has 0 aromatic carbocycles. The first kappa shape index (κ1) is 16.0. The summed E-state index contributed by atoms with van der Waals surface area (Å²) in [6, 6.07) is 3.78. The lowest BCUT2D eigenvalue weighted by Crippen LogP contribution is -2.50. The number of aliphatic hydroxyl groups is 1. The highest BCUT2D eigenvalue weighted by molar-refractivity contribution is 6.32. The van der Waals surface area contributed by atoms with Crippen molar-refractivity contribution in [2.75, 3.05) is 32.8 Å². The van der Waals surface area contributed by atoms with Crippen molar-refractivity contribution in [2.24, 2.45) is 0 Å². The Hall–Kier alpha value is -0.390. The largest absolute Gasteiger partial charge is 0.395 e. The highest BCUT2D eigenvalue weighted by atomic mass is 35.5. The van der Waals surface area contributed by atoms with Gasteiger partial charge in [-0.15, -0.1) is 0 Å². The van der Waals surface area contributed by atoms with E-state index in [0.717, 1.165) is 44.8 Å². The van der Waals surface area contributed by atoms with Crippen molar-refractivity contribution in [2.45, 2.75) is 25.9 Å². The van der Waals surface area contributed by atoms with Crippen LogP contribution in [-0.2, 0) is 6.54 Å². The smallest absolute Gasteiger partial charge is 0.129 e. The molecule has 1 N–H and O–H groups in total. The summed E-state index contributed by atoms with van der Waals surface area (Å²) in [5, 5.41) is 10.5. The van der Waals surface area contributed by atoms with Gasteiger partial charge in [-0.05, 0) is 18.6 Å². The third-order valence-electron chi connectivity index (χ3n) is 3.86. The molecule has 112 valence electrons. The lowest BCUT2D eigenvalue weighted by Gasteiger charge is -2.38. The minimum atomic E-state index is 0.234. The summed E-state index contributed by atoms with van der Waals surface area (Å²) >= 11 is 12.1. The maximum absolute atomic E-state index is 9.35. The summed E-state index contributed by atoms with van der Waals surface area (Å²) in [7, 11) is 0. The van der Waals surface area contributed by atoms with Gasteiger partial charge in [0.15, 0.2) is 0 Å². The number of hydrogen-bond acceptors (Lipinski definition) is 4. The summed E-state index contributed by atoms with van der Waals surface area (Å²) in [4.78, 5) is 8.97. The second kappa shape index (κ2) is 7.57. The molecular formula is C14H21Cl2N3O. The molecule has 0 unspecified atom stereocenters. The van der Waals surface area contributed by atoms with Crippen molar-refractivity contribution in [1.82, 2.24) is 14.8 Å². The molecule has 0 aliphatic carbocycles. The van der Waals surface area contributed by atoms with Crippen LogP contribution in [-0.4, -0.2) is 58.7 Å². The molecule has 20 heavy (non-hydrogen) atoms. The van der Waals surface area contributed by atoms with Crippen molar-refractivity contribution in [1.29, 1.82) is 0 Å². The monoisotopic (exact) mass is 317 g/mol. The number of piperazine rings is 1. The van der Waals surface area contributed by atoms with Crippen LogP contribution in [0.5, 0.6) is 0 Å². The molecule has 1 saturated heterocycles. The van der Waals surface area contributed by atoms with Gasteiger partial charge in [-0.1, -0.05) is 30.1 Å². The Labute approximate surface area is 130 Å². The minimum absolute atomic E-state index is 0.234. The van der Waals surface area contributed by atoms with Crippen molar-refractivity contribution in [3.05, 3.63) is 28.0 Å². The third-order valence-corrected chi connectivity index (χ3v) is 4.42. The number of nitrogens with zero attached hydrogens (tertiary/aromatic N) is 3. The van der Waals surface area contributed by atoms with E-state index in [1.165, 1.54) is 0 Å². The second-order valence-electron chi connectivity index (χ2n) is 5.12. The molecule has 0 radical (unpaired) electrons. The minimum Gasteiger partial charge on any atom is -0.395 e. The van der Waals surface area contributed by atoms with E-state index in [1.54, 1.807) is 12.1 Å². The van der Waals surface area contributed by atoms with Gasteiger partial charge in [-0.2, -0.15) is 0 Å². The molecule has 6 heteroatoms. The summed E-state index contributed by atoms with van der Waals surface area (Å²) in [5.74, 6) is 0. The van der Waals surface area contributed by atoms with Gasteiger partial charge in [0.05, 0.1) is 17.3 Å². The maximum atomic E-state index is 9.35. The molecule has 0 saturated carbocycles. The predicted octanol–water partition coefficient (Wildman–Crippen LogP) is 2.28. The van der Waals surface area contributed by atoms with E-state index in [2.05, 4.69) is 21.7 Å². The molecule has 2 heterocycles. The van der Waals surface area contributed by atoms with E-state index in [9.17, 15) is 5.11 Å². The molecular weight excluding hydrogens is 297 g/mol. The molecule has 2 rings (SSSR count). The molecule has 0 amide bonds. The quantitative estimate of drug-likeness (QED) is 0.846. The first-order valence-corrected chi connectivity index (χ1v) is 7.77. The molecule has 1 aliphatic heterocycles. The molecule has 0 spiro atoms. The van der Waals surface area contributed by atoms with Crippen LogP contribution in [0.15, 0.2) is 12.1 Å². The standard InChI is InChI=1S/C14H21Cl2N3O/c1-2-11(10-20)19-7-5-18(6-8-19)9-13-12(15)3-4-14(16)17-13/h3-4,11,20H,2,5-10H2,1H3/t11-/m1/s1. The lowest BCUT2D eigenvalue weighted by atomic mass is 10.1. The van der Waals surface area contributed by atoms with E-state index >= 15 is 0 Å². The molecule has 1 aromatic rings. The Bertz CT molecular complexity index is 432. The number of pyridine rings is 1. The maximum Gasteiger partial charge on any atom is 0.129 e. The van der Waals surface area contributed by atoms with Gasteiger partial charge in [-0.3, -0.25) is 9.80 Å². The van der Waals surface area contributed by atoms with Crippen LogP contribution in [0.3, 0.4) is 0 Å². The first-order chi connectivity index (χ1) is 9.63. The lowest BCUT2D eigenvalue weighted by molar-refractivity contribution is 0.0604. The van der Waals surface area contributed by atoms with Crippen LogP contribution >= 0.6 is 23.2 Å². The topological polar surface area (TPSA) is 39.6 Å². The molecule has 1 aliphatic rings. The van der Waals surface area contributed by atoms with Gasteiger partial charge in [0.25, 0.3) is 0 Å². The fraction of sp³-hybridized carbons (Fsp3) is 0.643. The van der Waals surface area contributed by atoms with E-state index < -0.39 is 0 Å². The first-order valence-electron chi connectivity index (χ1n) is 7.02. The number of halogens is 2. The SMILES string of the molecule is CC[C@H](CO)N1CCN(Cc2nc(Cl)ccc2Cl)CC1. The second-order valence-corrected chi connectivity index (χ2v) is 5.91. The molecule has 4 nitrogen and oxygen atoms in total. The number of rotatable bonds is 5. The molecule has 1 aromatic heterocycles. The summed E-state index contributed by atoms with van der Waals surface area (Å²) in [6.45, 7) is 6.93. The highest BCUT2D eigenvalue weighted by Crippen LogP contribution is 2.19. The Balaban J connectivity index is 1.89. The molecule has 1 atom stereocenters. The zero-order chi connectivity index (χ0) is 14.5. The number of hydrogen-bond donors (Lipinski definition) is 1. The van der Waals surface area contributed by atoms with Crippen LogP contribution in [0.2, 0.25) is 10.2 Å². The fourth-order valence-electron chi connectivity index (χ4n) is 2.57. The normalized spacial score (nSPS) is 19.2. The summed E-state index contributed by atoms with van der Waals surface area (Å²) in [6.07, 6.45) is 0.984. The van der Waals surface area contributed by atoms with Gasteiger partial charge in [0.1, 0.15) is 5.15 Å². The fourth-order valence-corrected chi connectivity index (χ4v) is 2.90. The molecule has 0 bridgehead atoms. The zero-order valence-electron chi connectivity index (χ0n) is 11.7. The van der Waals surface area contributed by atoms with E-state index in [4.69, 9.17) is 23.2 Å². The predicted molar refractivity (Wildman–Crippen MR) is 82.3 cm³/mol. The van der Waals surface area contributed by atoms with Crippen molar-refractivity contribution < 1.29 is 5.11 Å². The third kappa shape index (κ3) is 4.06. The number of aliphatic hydroxyl groups excluding tert-OH is 1. The average molecular weight is 318 g/mol. The van der Waals surface area contributed by atoms with Crippen molar-refractivity contribution in [3.8, 4) is 0 Å². The summed E-state index contributed by atoms with van der Waals surface area (Å²) in [5.41, 5.74) is 0.835. The van der Waals surface area contributed by atoms with Gasteiger partial charge in [-0.25, -0.2) is 4.98 Å². The van der Waals surface area contributed by atoms with Crippen molar-refractivity contribution >= 4 is 23.2 Å².